The number of methoxy groups -OCH3 is 1. The fourth-order valence-corrected chi connectivity index (χ4v) is 3.47. The quantitative estimate of drug-likeness (QED) is 0.805. The Kier molecular flexibility index (Phi) is 3.27. The molecule has 0 amide bonds. The molecule has 0 bridgehead atoms. The van der Waals surface area contributed by atoms with Gasteiger partial charge >= 0.3 is 0 Å². The van der Waals surface area contributed by atoms with Gasteiger partial charge in [0.25, 0.3) is 0 Å². The average Bonchev–Trinajstić information content (AvgIpc) is 2.96. The molecule has 0 aromatic heterocycles. The zero-order valence-corrected chi connectivity index (χ0v) is 11.0. The van der Waals surface area contributed by atoms with E-state index in [0.29, 0.717) is 18.2 Å². The number of hydrogen-bond acceptors (Lipinski definition) is 3. The smallest absolute Gasteiger partial charge is 0.0724 e. The van der Waals surface area contributed by atoms with Crippen molar-refractivity contribution in [1.29, 1.82) is 0 Å². The second kappa shape index (κ2) is 4.90. The Bertz CT molecular complexity index is 433. The van der Waals surface area contributed by atoms with Gasteiger partial charge in [-0.3, -0.25) is 0 Å². The molecule has 98 valence electrons. The number of hydrogen-bond donors (Lipinski definition) is 2. The highest BCUT2D eigenvalue weighted by Gasteiger charge is 2.31. The van der Waals surface area contributed by atoms with Crippen molar-refractivity contribution in [2.75, 3.05) is 12.8 Å². The summed E-state index contributed by atoms with van der Waals surface area (Å²) in [6, 6.07) is 7.33. The van der Waals surface area contributed by atoms with Crippen LogP contribution in [0.5, 0.6) is 0 Å². The van der Waals surface area contributed by atoms with Gasteiger partial charge < -0.3 is 15.8 Å². The van der Waals surface area contributed by atoms with Crippen molar-refractivity contribution < 1.29 is 4.74 Å². The van der Waals surface area contributed by atoms with E-state index in [1.54, 1.807) is 0 Å². The molecule has 1 aromatic carbocycles. The minimum Gasteiger partial charge on any atom is -0.399 e. The Morgan fingerprint density at radius 1 is 1.28 bits per heavy atom. The predicted molar refractivity (Wildman–Crippen MR) is 73.5 cm³/mol. The van der Waals surface area contributed by atoms with Gasteiger partial charge in [0.15, 0.2) is 0 Å². The molecule has 3 N–H and O–H groups in total. The van der Waals surface area contributed by atoms with Gasteiger partial charge in [-0.05, 0) is 55.4 Å². The van der Waals surface area contributed by atoms with Crippen molar-refractivity contribution in [2.24, 2.45) is 0 Å². The maximum atomic E-state index is 5.84. The Morgan fingerprint density at radius 3 is 3.00 bits per heavy atom. The number of rotatable bonds is 3. The molecule has 3 atom stereocenters. The summed E-state index contributed by atoms with van der Waals surface area (Å²) in [5.74, 6) is 0. The third-order valence-corrected chi connectivity index (χ3v) is 4.42. The molecule has 1 saturated carbocycles. The number of ether oxygens (including phenoxy) is 1. The van der Waals surface area contributed by atoms with E-state index in [2.05, 4.69) is 17.4 Å². The summed E-state index contributed by atoms with van der Waals surface area (Å²) in [4.78, 5) is 0. The molecule has 18 heavy (non-hydrogen) atoms. The molecule has 0 spiro atoms. The van der Waals surface area contributed by atoms with Gasteiger partial charge in [-0.2, -0.15) is 0 Å². The van der Waals surface area contributed by atoms with Crippen LogP contribution in [0.1, 0.15) is 42.9 Å². The van der Waals surface area contributed by atoms with E-state index in [1.165, 1.54) is 36.8 Å². The summed E-state index contributed by atoms with van der Waals surface area (Å²) >= 11 is 0. The Labute approximate surface area is 109 Å². The van der Waals surface area contributed by atoms with Gasteiger partial charge in [-0.1, -0.05) is 6.07 Å². The molecule has 0 saturated heterocycles. The van der Waals surface area contributed by atoms with E-state index in [-0.39, 0.29) is 0 Å². The second-order valence-corrected chi connectivity index (χ2v) is 5.53. The van der Waals surface area contributed by atoms with Gasteiger partial charge in [-0.25, -0.2) is 0 Å². The summed E-state index contributed by atoms with van der Waals surface area (Å²) in [7, 11) is 1.83. The number of fused-ring (bicyclic) bond motifs is 1. The molecule has 2 aliphatic rings. The van der Waals surface area contributed by atoms with Crippen molar-refractivity contribution in [3.05, 3.63) is 29.3 Å². The highest BCUT2D eigenvalue weighted by Crippen LogP contribution is 2.34. The summed E-state index contributed by atoms with van der Waals surface area (Å²) in [6.07, 6.45) is 6.42. The van der Waals surface area contributed by atoms with Crippen molar-refractivity contribution in [2.45, 2.75) is 50.3 Å². The van der Waals surface area contributed by atoms with E-state index >= 15 is 0 Å². The first kappa shape index (κ1) is 12.0. The minimum absolute atomic E-state index is 0.392. The number of anilines is 1. The summed E-state index contributed by atoms with van der Waals surface area (Å²) in [5, 5.41) is 3.79. The van der Waals surface area contributed by atoms with Crippen LogP contribution in [0.3, 0.4) is 0 Å². The second-order valence-electron chi connectivity index (χ2n) is 5.53. The molecule has 0 radical (unpaired) electrons. The molecular weight excluding hydrogens is 224 g/mol. The maximum Gasteiger partial charge on any atom is 0.0724 e. The van der Waals surface area contributed by atoms with Crippen LogP contribution in [-0.4, -0.2) is 19.3 Å². The molecular formula is C15H22N2O. The van der Waals surface area contributed by atoms with Crippen molar-refractivity contribution in [1.82, 2.24) is 5.32 Å². The number of nitrogens with two attached hydrogens (primary N) is 1. The van der Waals surface area contributed by atoms with E-state index < -0.39 is 0 Å². The van der Waals surface area contributed by atoms with Crippen LogP contribution in [-0.2, 0) is 11.2 Å². The van der Waals surface area contributed by atoms with Gasteiger partial charge in [0.1, 0.15) is 0 Å². The standard InChI is InChI=1S/C15H22N2O/c1-18-15-4-2-3-14(15)17-13-8-5-10-9-11(16)6-7-12(10)13/h6-7,9,13-15,17H,2-5,8,16H2,1H3. The number of aryl methyl sites for hydroxylation is 1. The normalized spacial score (nSPS) is 30.6. The summed E-state index contributed by atoms with van der Waals surface area (Å²) < 4.78 is 5.56. The van der Waals surface area contributed by atoms with E-state index in [9.17, 15) is 0 Å². The van der Waals surface area contributed by atoms with Crippen molar-refractivity contribution in [3.8, 4) is 0 Å². The zero-order valence-electron chi connectivity index (χ0n) is 11.0. The SMILES string of the molecule is COC1CCCC1NC1CCc2cc(N)ccc21. The molecule has 3 unspecified atom stereocenters. The topological polar surface area (TPSA) is 47.3 Å². The lowest BCUT2D eigenvalue weighted by Gasteiger charge is -2.24. The summed E-state index contributed by atoms with van der Waals surface area (Å²) in [6.45, 7) is 0. The molecule has 0 aliphatic heterocycles. The molecule has 3 nitrogen and oxygen atoms in total. The van der Waals surface area contributed by atoms with Crippen LogP contribution in [0.2, 0.25) is 0 Å². The first-order valence-electron chi connectivity index (χ1n) is 6.95. The lowest BCUT2D eigenvalue weighted by atomic mass is 10.1. The first-order valence-corrected chi connectivity index (χ1v) is 6.95. The highest BCUT2D eigenvalue weighted by atomic mass is 16.5. The van der Waals surface area contributed by atoms with Gasteiger partial charge in [0, 0.05) is 24.9 Å². The number of nitrogen functional groups attached to an aromatic ring is 1. The van der Waals surface area contributed by atoms with Crippen LogP contribution < -0.4 is 11.1 Å². The predicted octanol–water partition coefficient (Wildman–Crippen LogP) is 2.41. The monoisotopic (exact) mass is 246 g/mol. The van der Waals surface area contributed by atoms with E-state index in [4.69, 9.17) is 10.5 Å². The van der Waals surface area contributed by atoms with Gasteiger partial charge in [0.05, 0.1) is 6.10 Å². The third kappa shape index (κ3) is 2.13. The van der Waals surface area contributed by atoms with Crippen LogP contribution in [0.25, 0.3) is 0 Å². The number of benzene rings is 1. The van der Waals surface area contributed by atoms with E-state index in [0.717, 1.165) is 12.1 Å². The highest BCUT2D eigenvalue weighted by molar-refractivity contribution is 5.47. The first-order chi connectivity index (χ1) is 8.78. The largest absolute Gasteiger partial charge is 0.399 e. The third-order valence-electron chi connectivity index (χ3n) is 4.42. The van der Waals surface area contributed by atoms with Gasteiger partial charge in [-0.15, -0.1) is 0 Å². The van der Waals surface area contributed by atoms with Crippen LogP contribution >= 0.6 is 0 Å². The zero-order chi connectivity index (χ0) is 12.5. The number of nitrogens with one attached hydrogen (secondary N) is 1. The van der Waals surface area contributed by atoms with Crippen molar-refractivity contribution in [3.63, 3.8) is 0 Å². The lowest BCUT2D eigenvalue weighted by Crippen LogP contribution is -2.38. The van der Waals surface area contributed by atoms with Crippen LogP contribution in [0, 0.1) is 0 Å². The van der Waals surface area contributed by atoms with Crippen molar-refractivity contribution >= 4 is 5.69 Å². The van der Waals surface area contributed by atoms with E-state index in [1.807, 2.05) is 13.2 Å². The average molecular weight is 246 g/mol. The molecule has 1 fully saturated rings. The Balaban J connectivity index is 1.73. The fraction of sp³-hybridized carbons (Fsp3) is 0.600. The fourth-order valence-electron chi connectivity index (χ4n) is 3.47. The Hall–Kier alpha value is -1.06. The molecule has 3 heteroatoms. The molecule has 2 aliphatic carbocycles. The van der Waals surface area contributed by atoms with Crippen LogP contribution in [0.15, 0.2) is 18.2 Å². The Morgan fingerprint density at radius 2 is 2.17 bits per heavy atom. The molecule has 0 heterocycles. The van der Waals surface area contributed by atoms with Gasteiger partial charge in [0.2, 0.25) is 0 Å². The molecule has 3 rings (SSSR count). The maximum absolute atomic E-state index is 5.84. The minimum atomic E-state index is 0.392. The summed E-state index contributed by atoms with van der Waals surface area (Å²) in [5.41, 5.74) is 9.57. The molecule has 1 aromatic rings. The lowest BCUT2D eigenvalue weighted by molar-refractivity contribution is 0.0812. The van der Waals surface area contributed by atoms with Crippen LogP contribution in [0.4, 0.5) is 5.69 Å².